The minimum Gasteiger partial charge on any atom is -0.379 e. The van der Waals surface area contributed by atoms with E-state index in [1.54, 1.807) is 18.4 Å². The molecule has 1 heterocycles. The van der Waals surface area contributed by atoms with Crippen LogP contribution in [0.1, 0.15) is 25.6 Å². The van der Waals surface area contributed by atoms with Gasteiger partial charge in [0.25, 0.3) is 0 Å². The monoisotopic (exact) mass is 186 g/mol. The molecule has 0 fully saturated rings. The van der Waals surface area contributed by atoms with Gasteiger partial charge in [0, 0.05) is 27.9 Å². The van der Waals surface area contributed by atoms with Crippen LogP contribution in [-0.4, -0.2) is 7.11 Å². The molecular formula is C9H16NOS+. The second-order valence-electron chi connectivity index (χ2n) is 3.83. The average molecular weight is 186 g/mol. The molecule has 0 radical (unpaired) electrons. The molecule has 0 bridgehead atoms. The van der Waals surface area contributed by atoms with E-state index < -0.39 is 0 Å². The fourth-order valence-corrected chi connectivity index (χ4v) is 1.89. The lowest BCUT2D eigenvalue weighted by atomic mass is 10.1. The molecule has 0 aliphatic rings. The van der Waals surface area contributed by atoms with Crippen LogP contribution >= 0.6 is 11.3 Å². The van der Waals surface area contributed by atoms with Gasteiger partial charge in [0.05, 0.1) is 11.5 Å². The molecule has 1 aromatic heterocycles. The second-order valence-corrected chi connectivity index (χ2v) is 4.80. The minimum absolute atomic E-state index is 0.183. The van der Waals surface area contributed by atoms with E-state index in [-0.39, 0.29) is 5.54 Å². The minimum atomic E-state index is 0.183. The first-order chi connectivity index (χ1) is 5.54. The van der Waals surface area contributed by atoms with Crippen molar-refractivity contribution in [3.63, 3.8) is 0 Å². The molecule has 68 valence electrons. The standard InChI is InChI=1S/C9H16NOS/c1-9(2,3)10-5-8(6-11-4)12-7-10/h5,7H,6H2,1-4H3/q+1. The average Bonchev–Trinajstić information content (AvgIpc) is 2.35. The Morgan fingerprint density at radius 2 is 2.17 bits per heavy atom. The lowest BCUT2D eigenvalue weighted by Gasteiger charge is -2.09. The highest BCUT2D eigenvalue weighted by atomic mass is 32.1. The van der Waals surface area contributed by atoms with Gasteiger partial charge in [0.15, 0.2) is 11.7 Å². The Morgan fingerprint density at radius 3 is 2.58 bits per heavy atom. The van der Waals surface area contributed by atoms with Gasteiger partial charge in [0.1, 0.15) is 0 Å². The number of methoxy groups -OCH3 is 1. The van der Waals surface area contributed by atoms with Gasteiger partial charge in [-0.3, -0.25) is 0 Å². The van der Waals surface area contributed by atoms with Crippen LogP contribution in [0.25, 0.3) is 0 Å². The normalized spacial score (nSPS) is 12.0. The van der Waals surface area contributed by atoms with Crippen LogP contribution in [0.3, 0.4) is 0 Å². The van der Waals surface area contributed by atoms with Crippen LogP contribution in [0.5, 0.6) is 0 Å². The van der Waals surface area contributed by atoms with Gasteiger partial charge in [-0.2, -0.15) is 4.57 Å². The predicted molar refractivity (Wildman–Crippen MR) is 50.2 cm³/mol. The highest BCUT2D eigenvalue weighted by molar-refractivity contribution is 7.09. The zero-order chi connectivity index (χ0) is 9.19. The molecule has 0 amide bonds. The van der Waals surface area contributed by atoms with Gasteiger partial charge in [-0.05, 0) is 0 Å². The summed E-state index contributed by atoms with van der Waals surface area (Å²) in [7, 11) is 1.72. The smallest absolute Gasteiger partial charge is 0.225 e. The van der Waals surface area contributed by atoms with Crippen molar-refractivity contribution in [2.24, 2.45) is 0 Å². The summed E-state index contributed by atoms with van der Waals surface area (Å²) in [6.07, 6.45) is 2.15. The lowest BCUT2D eigenvalue weighted by molar-refractivity contribution is -0.750. The number of ether oxygens (including phenoxy) is 1. The molecule has 0 saturated carbocycles. The largest absolute Gasteiger partial charge is 0.379 e. The van der Waals surface area contributed by atoms with Gasteiger partial charge >= 0.3 is 0 Å². The van der Waals surface area contributed by atoms with Crippen LogP contribution in [0.2, 0.25) is 0 Å². The van der Waals surface area contributed by atoms with Crippen molar-refractivity contribution in [3.05, 3.63) is 16.6 Å². The van der Waals surface area contributed by atoms with E-state index in [1.807, 2.05) is 0 Å². The topological polar surface area (TPSA) is 13.1 Å². The lowest BCUT2D eigenvalue weighted by Crippen LogP contribution is -2.48. The fourth-order valence-electron chi connectivity index (χ4n) is 0.906. The van der Waals surface area contributed by atoms with Crippen molar-refractivity contribution in [2.75, 3.05) is 7.11 Å². The molecule has 2 nitrogen and oxygen atoms in total. The van der Waals surface area contributed by atoms with E-state index in [4.69, 9.17) is 4.74 Å². The van der Waals surface area contributed by atoms with E-state index in [1.165, 1.54) is 4.88 Å². The number of hydrogen-bond acceptors (Lipinski definition) is 2. The highest BCUT2D eigenvalue weighted by Gasteiger charge is 2.22. The SMILES string of the molecule is COCc1c[n+](C(C)(C)C)cs1. The maximum absolute atomic E-state index is 5.05. The van der Waals surface area contributed by atoms with E-state index in [0.29, 0.717) is 6.61 Å². The summed E-state index contributed by atoms with van der Waals surface area (Å²) >= 11 is 1.74. The summed E-state index contributed by atoms with van der Waals surface area (Å²) < 4.78 is 7.27. The van der Waals surface area contributed by atoms with Crippen LogP contribution in [0, 0.1) is 0 Å². The van der Waals surface area contributed by atoms with E-state index >= 15 is 0 Å². The van der Waals surface area contributed by atoms with Crippen LogP contribution in [0.4, 0.5) is 0 Å². The summed E-state index contributed by atoms with van der Waals surface area (Å²) in [5.41, 5.74) is 2.32. The Labute approximate surface area is 77.8 Å². The maximum Gasteiger partial charge on any atom is 0.225 e. The first-order valence-electron chi connectivity index (χ1n) is 4.02. The Kier molecular flexibility index (Phi) is 2.85. The van der Waals surface area contributed by atoms with Gasteiger partial charge < -0.3 is 4.74 Å². The van der Waals surface area contributed by atoms with Crippen LogP contribution < -0.4 is 4.57 Å². The third kappa shape index (κ3) is 2.29. The predicted octanol–water partition coefficient (Wildman–Crippen LogP) is 1.94. The maximum atomic E-state index is 5.05. The Balaban J connectivity index is 2.77. The van der Waals surface area contributed by atoms with E-state index in [9.17, 15) is 0 Å². The molecule has 0 aromatic carbocycles. The summed E-state index contributed by atoms with van der Waals surface area (Å²) in [6, 6.07) is 0. The zero-order valence-electron chi connectivity index (χ0n) is 8.13. The first-order valence-corrected chi connectivity index (χ1v) is 4.90. The molecule has 0 unspecified atom stereocenters. The molecule has 0 saturated heterocycles. The Bertz CT molecular complexity index is 249. The number of thiazole rings is 1. The Hall–Kier alpha value is -0.410. The van der Waals surface area contributed by atoms with E-state index in [0.717, 1.165) is 0 Å². The summed E-state index contributed by atoms with van der Waals surface area (Å²) in [5, 5.41) is 0. The van der Waals surface area contributed by atoms with Crippen LogP contribution in [-0.2, 0) is 16.9 Å². The molecule has 0 aliphatic heterocycles. The third-order valence-electron chi connectivity index (χ3n) is 1.66. The molecule has 0 N–H and O–H groups in total. The molecule has 1 aromatic rings. The van der Waals surface area contributed by atoms with Gasteiger partial charge in [-0.1, -0.05) is 11.3 Å². The number of nitrogens with zero attached hydrogens (tertiary/aromatic N) is 1. The highest BCUT2D eigenvalue weighted by Crippen LogP contribution is 2.10. The van der Waals surface area contributed by atoms with Gasteiger partial charge in [0.2, 0.25) is 5.51 Å². The van der Waals surface area contributed by atoms with Gasteiger partial charge in [-0.25, -0.2) is 0 Å². The molecule has 0 spiro atoms. The van der Waals surface area contributed by atoms with E-state index in [2.05, 4.69) is 37.0 Å². The van der Waals surface area contributed by atoms with Crippen LogP contribution in [0.15, 0.2) is 11.7 Å². The molecule has 3 heteroatoms. The van der Waals surface area contributed by atoms with Crippen molar-refractivity contribution < 1.29 is 9.30 Å². The number of aromatic nitrogens is 1. The first kappa shape index (κ1) is 9.68. The number of rotatable bonds is 2. The molecule has 0 aliphatic carbocycles. The summed E-state index contributed by atoms with van der Waals surface area (Å²) in [5.74, 6) is 0. The molecular weight excluding hydrogens is 170 g/mol. The quantitative estimate of drug-likeness (QED) is 0.643. The van der Waals surface area contributed by atoms with Crippen molar-refractivity contribution in [3.8, 4) is 0 Å². The van der Waals surface area contributed by atoms with Gasteiger partial charge in [-0.15, -0.1) is 0 Å². The second kappa shape index (κ2) is 3.54. The number of hydrogen-bond donors (Lipinski definition) is 0. The Morgan fingerprint density at radius 1 is 1.50 bits per heavy atom. The molecule has 0 atom stereocenters. The van der Waals surface area contributed by atoms with Crippen molar-refractivity contribution >= 4 is 11.3 Å². The van der Waals surface area contributed by atoms with Crippen molar-refractivity contribution in [1.29, 1.82) is 0 Å². The zero-order valence-corrected chi connectivity index (χ0v) is 8.94. The summed E-state index contributed by atoms with van der Waals surface area (Å²) in [6.45, 7) is 7.29. The van der Waals surface area contributed by atoms with Crippen molar-refractivity contribution in [1.82, 2.24) is 0 Å². The fraction of sp³-hybridized carbons (Fsp3) is 0.667. The molecule has 1 rings (SSSR count). The summed E-state index contributed by atoms with van der Waals surface area (Å²) in [4.78, 5) is 1.27. The third-order valence-corrected chi connectivity index (χ3v) is 2.52. The molecule has 12 heavy (non-hydrogen) atoms. The van der Waals surface area contributed by atoms with Crippen molar-refractivity contribution in [2.45, 2.75) is 32.9 Å².